The predicted octanol–water partition coefficient (Wildman–Crippen LogP) is 6.86. The lowest BCUT2D eigenvalue weighted by atomic mass is 10.1. The SMILES string of the molecule is O=C(/C=C/c1c(-c2ccc(Cl)cc2)nc2ccccn12)c1ccc(Cl)cc1Cl. The minimum atomic E-state index is -0.213. The molecule has 2 aromatic carbocycles. The van der Waals surface area contributed by atoms with Gasteiger partial charge in [-0.2, -0.15) is 0 Å². The molecule has 0 spiro atoms. The van der Waals surface area contributed by atoms with E-state index in [9.17, 15) is 4.79 Å². The molecule has 138 valence electrons. The van der Waals surface area contributed by atoms with Gasteiger partial charge in [0, 0.05) is 27.4 Å². The fourth-order valence-electron chi connectivity index (χ4n) is 2.93. The fourth-order valence-corrected chi connectivity index (χ4v) is 3.56. The number of benzene rings is 2. The Kier molecular flexibility index (Phi) is 5.23. The third kappa shape index (κ3) is 3.69. The van der Waals surface area contributed by atoms with Gasteiger partial charge in [0.15, 0.2) is 5.78 Å². The summed E-state index contributed by atoms with van der Waals surface area (Å²) in [6, 6.07) is 18.0. The summed E-state index contributed by atoms with van der Waals surface area (Å²) in [5.74, 6) is -0.213. The molecule has 0 aliphatic rings. The molecule has 3 nitrogen and oxygen atoms in total. The molecule has 2 heterocycles. The summed E-state index contributed by atoms with van der Waals surface area (Å²) in [5, 5.41) is 1.45. The maximum absolute atomic E-state index is 12.6. The van der Waals surface area contributed by atoms with Crippen molar-refractivity contribution in [3.63, 3.8) is 0 Å². The van der Waals surface area contributed by atoms with Crippen LogP contribution in [0, 0.1) is 0 Å². The molecule has 4 rings (SSSR count). The first-order chi connectivity index (χ1) is 13.5. The van der Waals surface area contributed by atoms with Gasteiger partial charge in [0.1, 0.15) is 5.65 Å². The zero-order valence-corrected chi connectivity index (χ0v) is 16.7. The van der Waals surface area contributed by atoms with E-state index in [1.807, 2.05) is 53.1 Å². The van der Waals surface area contributed by atoms with Crippen molar-refractivity contribution in [3.8, 4) is 11.3 Å². The van der Waals surface area contributed by atoms with Gasteiger partial charge in [-0.1, -0.05) is 53.0 Å². The van der Waals surface area contributed by atoms with E-state index < -0.39 is 0 Å². The zero-order chi connectivity index (χ0) is 19.7. The van der Waals surface area contributed by atoms with E-state index >= 15 is 0 Å². The highest BCUT2D eigenvalue weighted by Crippen LogP contribution is 2.27. The van der Waals surface area contributed by atoms with Crippen molar-refractivity contribution >= 4 is 52.3 Å². The lowest BCUT2D eigenvalue weighted by molar-refractivity contribution is 0.104. The van der Waals surface area contributed by atoms with Crippen LogP contribution in [0.1, 0.15) is 16.1 Å². The molecule has 0 aliphatic heterocycles. The number of halogens is 3. The van der Waals surface area contributed by atoms with Gasteiger partial charge in [-0.25, -0.2) is 4.98 Å². The van der Waals surface area contributed by atoms with E-state index in [1.165, 1.54) is 6.08 Å². The fraction of sp³-hybridized carbons (Fsp3) is 0. The number of allylic oxidation sites excluding steroid dienone is 1. The maximum Gasteiger partial charge on any atom is 0.187 e. The van der Waals surface area contributed by atoms with Crippen LogP contribution < -0.4 is 0 Å². The molecule has 2 aromatic heterocycles. The van der Waals surface area contributed by atoms with Gasteiger partial charge in [0.25, 0.3) is 0 Å². The molecule has 0 atom stereocenters. The third-order valence-corrected chi connectivity index (χ3v) is 5.07. The lowest BCUT2D eigenvalue weighted by Crippen LogP contribution is -1.96. The Morgan fingerprint density at radius 3 is 2.43 bits per heavy atom. The van der Waals surface area contributed by atoms with Crippen LogP contribution in [0.3, 0.4) is 0 Å². The van der Waals surface area contributed by atoms with E-state index in [2.05, 4.69) is 0 Å². The topological polar surface area (TPSA) is 34.4 Å². The van der Waals surface area contributed by atoms with E-state index in [4.69, 9.17) is 39.8 Å². The van der Waals surface area contributed by atoms with Crippen LogP contribution >= 0.6 is 34.8 Å². The van der Waals surface area contributed by atoms with Gasteiger partial charge in [0.2, 0.25) is 0 Å². The number of nitrogens with zero attached hydrogens (tertiary/aromatic N) is 2. The molecular formula is C22H13Cl3N2O. The number of hydrogen-bond acceptors (Lipinski definition) is 2. The van der Waals surface area contributed by atoms with Crippen molar-refractivity contribution in [2.75, 3.05) is 0 Å². The summed E-state index contributed by atoms with van der Waals surface area (Å²) in [4.78, 5) is 17.3. The monoisotopic (exact) mass is 426 g/mol. The smallest absolute Gasteiger partial charge is 0.187 e. The molecule has 6 heteroatoms. The minimum absolute atomic E-state index is 0.213. The number of fused-ring (bicyclic) bond motifs is 1. The number of pyridine rings is 1. The van der Waals surface area contributed by atoms with Crippen molar-refractivity contribution in [2.45, 2.75) is 0 Å². The summed E-state index contributed by atoms with van der Waals surface area (Å²) in [6.45, 7) is 0. The van der Waals surface area contributed by atoms with Crippen LogP contribution in [0.5, 0.6) is 0 Å². The molecule has 0 bridgehead atoms. The van der Waals surface area contributed by atoms with Crippen LogP contribution in [0.25, 0.3) is 23.0 Å². The third-order valence-electron chi connectivity index (χ3n) is 4.27. The second kappa shape index (κ2) is 7.80. The molecule has 0 N–H and O–H groups in total. The van der Waals surface area contributed by atoms with Crippen LogP contribution in [-0.2, 0) is 0 Å². The molecule has 0 unspecified atom stereocenters. The molecule has 0 aliphatic carbocycles. The number of carbonyl (C=O) groups excluding carboxylic acids is 1. The van der Waals surface area contributed by atoms with E-state index in [0.29, 0.717) is 20.6 Å². The first-order valence-electron chi connectivity index (χ1n) is 8.43. The van der Waals surface area contributed by atoms with Crippen LogP contribution in [0.15, 0.2) is 72.9 Å². The molecule has 0 amide bonds. The quantitative estimate of drug-likeness (QED) is 0.263. The van der Waals surface area contributed by atoms with Gasteiger partial charge in [-0.3, -0.25) is 9.20 Å². The number of carbonyl (C=O) groups is 1. The van der Waals surface area contributed by atoms with Crippen molar-refractivity contribution in [2.24, 2.45) is 0 Å². The van der Waals surface area contributed by atoms with Gasteiger partial charge in [-0.05, 0) is 54.6 Å². The molecule has 28 heavy (non-hydrogen) atoms. The Labute approximate surface area is 176 Å². The van der Waals surface area contributed by atoms with Gasteiger partial charge in [-0.15, -0.1) is 0 Å². The van der Waals surface area contributed by atoms with Gasteiger partial charge >= 0.3 is 0 Å². The maximum atomic E-state index is 12.6. The first-order valence-corrected chi connectivity index (χ1v) is 9.57. The Balaban J connectivity index is 1.79. The molecule has 0 saturated heterocycles. The molecule has 0 radical (unpaired) electrons. The van der Waals surface area contributed by atoms with Crippen LogP contribution in [0.2, 0.25) is 15.1 Å². The predicted molar refractivity (Wildman–Crippen MR) is 115 cm³/mol. The summed E-state index contributed by atoms with van der Waals surface area (Å²) in [5.41, 5.74) is 3.63. The Hall–Kier alpha value is -2.59. The average Bonchev–Trinajstić information content (AvgIpc) is 3.05. The zero-order valence-electron chi connectivity index (χ0n) is 14.4. The number of aromatic nitrogens is 2. The molecular weight excluding hydrogens is 415 g/mol. The van der Waals surface area contributed by atoms with E-state index in [0.717, 1.165) is 22.6 Å². The van der Waals surface area contributed by atoms with Crippen LogP contribution in [0.4, 0.5) is 0 Å². The van der Waals surface area contributed by atoms with Crippen molar-refractivity contribution in [1.29, 1.82) is 0 Å². The summed E-state index contributed by atoms with van der Waals surface area (Å²) >= 11 is 18.1. The van der Waals surface area contributed by atoms with Crippen molar-refractivity contribution < 1.29 is 4.79 Å². The Morgan fingerprint density at radius 2 is 1.68 bits per heavy atom. The first kappa shape index (κ1) is 18.8. The summed E-state index contributed by atoms with van der Waals surface area (Å²) < 4.78 is 1.93. The second-order valence-corrected chi connectivity index (χ2v) is 7.38. The number of rotatable bonds is 4. The number of imidazole rings is 1. The number of hydrogen-bond donors (Lipinski definition) is 0. The highest BCUT2D eigenvalue weighted by atomic mass is 35.5. The Morgan fingerprint density at radius 1 is 0.929 bits per heavy atom. The number of ketones is 1. The summed E-state index contributed by atoms with van der Waals surface area (Å²) in [6.07, 6.45) is 5.14. The second-order valence-electron chi connectivity index (χ2n) is 6.10. The van der Waals surface area contributed by atoms with Gasteiger partial charge < -0.3 is 0 Å². The Bertz CT molecular complexity index is 1210. The van der Waals surface area contributed by atoms with E-state index in [-0.39, 0.29) is 5.78 Å². The largest absolute Gasteiger partial charge is 0.300 e. The highest BCUT2D eigenvalue weighted by Gasteiger charge is 2.13. The summed E-state index contributed by atoms with van der Waals surface area (Å²) in [7, 11) is 0. The highest BCUT2D eigenvalue weighted by molar-refractivity contribution is 6.37. The normalized spacial score (nSPS) is 11.4. The van der Waals surface area contributed by atoms with Crippen LogP contribution in [-0.4, -0.2) is 15.2 Å². The minimum Gasteiger partial charge on any atom is -0.300 e. The van der Waals surface area contributed by atoms with Crippen molar-refractivity contribution in [3.05, 3.63) is 99.3 Å². The lowest BCUT2D eigenvalue weighted by Gasteiger charge is -2.02. The molecule has 0 saturated carbocycles. The van der Waals surface area contributed by atoms with E-state index in [1.54, 1.807) is 24.3 Å². The van der Waals surface area contributed by atoms with Gasteiger partial charge in [0.05, 0.1) is 16.4 Å². The van der Waals surface area contributed by atoms with Crippen molar-refractivity contribution in [1.82, 2.24) is 9.38 Å². The molecule has 4 aromatic rings. The molecule has 0 fully saturated rings. The standard InChI is InChI=1S/C22H13Cl3N2O/c23-15-6-4-14(5-7-15)22-19(27-12-2-1-3-21(27)26-22)10-11-20(28)17-9-8-16(24)13-18(17)25/h1-13H/b11-10+. The average molecular weight is 428 g/mol.